The monoisotopic (exact) mass is 571 g/mol. The molecule has 2 aliphatic carbocycles. The minimum atomic E-state index is -0.731. The smallest absolute Gasteiger partial charge is 0.245 e. The summed E-state index contributed by atoms with van der Waals surface area (Å²) in [6, 6.07) is 6.94. The highest BCUT2D eigenvalue weighted by Gasteiger charge is 2.57. The Balaban J connectivity index is 1.18. The van der Waals surface area contributed by atoms with Crippen LogP contribution in [0.25, 0.3) is 10.9 Å². The Morgan fingerprint density at radius 2 is 2.00 bits per heavy atom. The molecule has 6 rings (SSSR count). The Morgan fingerprint density at radius 3 is 2.67 bits per heavy atom. The molecule has 1 amide bonds. The topological polar surface area (TPSA) is 110 Å². The fourth-order valence-electron chi connectivity index (χ4n) is 6.09. The van der Waals surface area contributed by atoms with Crippen molar-refractivity contribution in [3.8, 4) is 5.75 Å². The number of aromatic nitrogens is 4. The molecular weight excluding hydrogens is 541 g/mol. The molecule has 39 heavy (non-hydrogen) atoms. The third-order valence-corrected chi connectivity index (χ3v) is 9.20. The van der Waals surface area contributed by atoms with Crippen molar-refractivity contribution >= 4 is 51.6 Å². The van der Waals surface area contributed by atoms with Crippen LogP contribution in [-0.2, 0) is 22.7 Å². The van der Waals surface area contributed by atoms with Crippen LogP contribution in [0.1, 0.15) is 61.4 Å². The number of carbonyl (C=O) groups is 3. The molecule has 0 bridgehead atoms. The van der Waals surface area contributed by atoms with Gasteiger partial charge in [0.15, 0.2) is 11.6 Å². The van der Waals surface area contributed by atoms with Crippen LogP contribution in [0.15, 0.2) is 24.3 Å². The van der Waals surface area contributed by atoms with Gasteiger partial charge in [-0.1, -0.05) is 6.92 Å². The van der Waals surface area contributed by atoms with E-state index in [1.807, 2.05) is 26.0 Å². The first-order valence-electron chi connectivity index (χ1n) is 13.4. The third kappa shape index (κ3) is 5.07. The second kappa shape index (κ2) is 9.63. The zero-order valence-corrected chi connectivity index (χ0v) is 23.6. The van der Waals surface area contributed by atoms with Crippen LogP contribution in [0.4, 0.5) is 0 Å². The predicted octanol–water partition coefficient (Wildman–Crippen LogP) is 4.63. The number of aromatic amines is 1. The number of likely N-dealkylation sites (tertiary alicyclic amines) is 1. The Bertz CT molecular complexity index is 1480. The van der Waals surface area contributed by atoms with Crippen molar-refractivity contribution < 1.29 is 19.1 Å². The van der Waals surface area contributed by atoms with Gasteiger partial charge in [-0.15, -0.1) is 23.2 Å². The van der Waals surface area contributed by atoms with Gasteiger partial charge in [0.05, 0.1) is 17.3 Å². The summed E-state index contributed by atoms with van der Waals surface area (Å²) in [7, 11) is 0. The highest BCUT2D eigenvalue weighted by molar-refractivity contribution is 6.50. The van der Waals surface area contributed by atoms with Gasteiger partial charge in [0.2, 0.25) is 5.91 Å². The predicted molar refractivity (Wildman–Crippen MR) is 146 cm³/mol. The van der Waals surface area contributed by atoms with Gasteiger partial charge in [-0.05, 0) is 68.2 Å². The molecule has 3 aromatic rings. The van der Waals surface area contributed by atoms with E-state index in [-0.39, 0.29) is 54.2 Å². The van der Waals surface area contributed by atoms with E-state index >= 15 is 0 Å². The molecular formula is C28H31Cl2N5O4. The average Bonchev–Trinajstić information content (AvgIpc) is 3.57. The van der Waals surface area contributed by atoms with E-state index in [0.29, 0.717) is 41.8 Å². The standard InChI is InChI=1S/C28H31Cl2N5O4/c1-14(21-11-28(21,29)30)6-25(37)24-9-17-8-23(17)35(24)26(38)12-34-22-5-4-19(10-20(22)27(33-34)16(3)36)39-13-18-7-15(2)31-32-18/h4-5,7,10,14,17,21,23-24H,6,8-9,11-13H2,1-3H3,(H,31,32)/t14-,17+,21+,23+,24-/m0/s1. The molecule has 1 saturated heterocycles. The maximum absolute atomic E-state index is 13.6. The van der Waals surface area contributed by atoms with Crippen LogP contribution in [0.5, 0.6) is 5.75 Å². The van der Waals surface area contributed by atoms with E-state index in [9.17, 15) is 14.4 Å². The molecule has 206 valence electrons. The molecule has 2 aromatic heterocycles. The van der Waals surface area contributed by atoms with E-state index < -0.39 is 10.4 Å². The number of hydrogen-bond donors (Lipinski definition) is 1. The number of halogens is 2. The first-order chi connectivity index (χ1) is 18.5. The summed E-state index contributed by atoms with van der Waals surface area (Å²) in [6.45, 7) is 5.61. The number of alkyl halides is 2. The Hall–Kier alpha value is -2.91. The fourth-order valence-corrected chi connectivity index (χ4v) is 6.86. The number of H-pyrrole nitrogens is 1. The van der Waals surface area contributed by atoms with E-state index in [1.165, 1.54) is 6.92 Å². The number of benzene rings is 1. The number of carbonyl (C=O) groups excluding carboxylic acids is 3. The van der Waals surface area contributed by atoms with Gasteiger partial charge in [-0.25, -0.2) is 0 Å². The summed E-state index contributed by atoms with van der Waals surface area (Å²) < 4.78 is 6.72. The van der Waals surface area contributed by atoms with Gasteiger partial charge in [-0.3, -0.25) is 24.2 Å². The number of rotatable bonds is 10. The number of nitrogens with one attached hydrogen (secondary N) is 1. The SMILES string of the molecule is CC(=O)c1nn(CC(=O)N2[C@@H]3C[C@@H]3C[C@H]2C(=O)C[C@H](C)[C@H]2CC2(Cl)Cl)c2ccc(OCc3cc(C)[nH]n3)cc12. The van der Waals surface area contributed by atoms with E-state index in [4.69, 9.17) is 27.9 Å². The van der Waals surface area contributed by atoms with Crippen LogP contribution in [0, 0.1) is 24.7 Å². The maximum Gasteiger partial charge on any atom is 0.245 e. The Labute approximate surface area is 236 Å². The van der Waals surface area contributed by atoms with Crippen molar-refractivity contribution in [2.45, 2.75) is 76.0 Å². The van der Waals surface area contributed by atoms with Gasteiger partial charge in [0.1, 0.15) is 28.9 Å². The van der Waals surface area contributed by atoms with Gasteiger partial charge < -0.3 is 9.64 Å². The lowest BCUT2D eigenvalue weighted by Gasteiger charge is -2.27. The summed E-state index contributed by atoms with van der Waals surface area (Å²) in [5, 5.41) is 12.2. The summed E-state index contributed by atoms with van der Waals surface area (Å²) >= 11 is 12.4. The lowest BCUT2D eigenvalue weighted by Crippen LogP contribution is -2.45. The summed E-state index contributed by atoms with van der Waals surface area (Å²) in [5.74, 6) is 0.847. The summed E-state index contributed by atoms with van der Waals surface area (Å²) in [4.78, 5) is 41.1. The molecule has 5 atom stereocenters. The van der Waals surface area contributed by atoms with Crippen molar-refractivity contribution in [3.63, 3.8) is 0 Å². The number of fused-ring (bicyclic) bond motifs is 2. The molecule has 1 N–H and O–H groups in total. The zero-order valence-electron chi connectivity index (χ0n) is 22.1. The number of hydrogen-bond acceptors (Lipinski definition) is 6. The number of ether oxygens (including phenoxy) is 1. The molecule has 1 aromatic carbocycles. The maximum atomic E-state index is 13.6. The summed E-state index contributed by atoms with van der Waals surface area (Å²) in [6.07, 6.45) is 2.69. The number of ketones is 2. The summed E-state index contributed by atoms with van der Waals surface area (Å²) in [5.41, 5.74) is 2.65. The van der Waals surface area contributed by atoms with Crippen molar-refractivity contribution in [1.29, 1.82) is 0 Å². The van der Waals surface area contributed by atoms with Crippen molar-refractivity contribution in [3.05, 3.63) is 41.3 Å². The van der Waals surface area contributed by atoms with Gasteiger partial charge in [0, 0.05) is 30.5 Å². The highest BCUT2D eigenvalue weighted by atomic mass is 35.5. The number of nitrogens with zero attached hydrogens (tertiary/aromatic N) is 4. The lowest BCUT2D eigenvalue weighted by atomic mass is 9.94. The van der Waals surface area contributed by atoms with Crippen LogP contribution < -0.4 is 4.74 Å². The molecule has 1 aliphatic heterocycles. The van der Waals surface area contributed by atoms with Crippen molar-refractivity contribution in [1.82, 2.24) is 24.9 Å². The quantitative estimate of drug-likeness (QED) is 0.280. The Morgan fingerprint density at radius 1 is 1.23 bits per heavy atom. The molecule has 3 heterocycles. The molecule has 3 aliphatic rings. The van der Waals surface area contributed by atoms with E-state index in [0.717, 1.165) is 17.8 Å². The Kier molecular flexibility index (Phi) is 6.50. The first kappa shape index (κ1) is 26.3. The van der Waals surface area contributed by atoms with Crippen LogP contribution >= 0.6 is 23.2 Å². The fraction of sp³-hybridized carbons (Fsp3) is 0.536. The van der Waals surface area contributed by atoms with Gasteiger partial charge in [-0.2, -0.15) is 10.2 Å². The lowest BCUT2D eigenvalue weighted by molar-refractivity contribution is -0.139. The first-order valence-corrected chi connectivity index (χ1v) is 14.1. The number of amides is 1. The molecule has 3 fully saturated rings. The molecule has 11 heteroatoms. The zero-order chi connectivity index (χ0) is 27.6. The normalized spacial score (nSPS) is 25.4. The van der Waals surface area contributed by atoms with Crippen molar-refractivity contribution in [2.24, 2.45) is 17.8 Å². The average molecular weight is 572 g/mol. The minimum absolute atomic E-state index is 0.0474. The minimum Gasteiger partial charge on any atom is -0.487 e. The van der Waals surface area contributed by atoms with Crippen LogP contribution in [-0.4, -0.2) is 58.8 Å². The second-order valence-electron chi connectivity index (χ2n) is 11.4. The van der Waals surface area contributed by atoms with E-state index in [2.05, 4.69) is 15.3 Å². The van der Waals surface area contributed by atoms with Crippen LogP contribution in [0.3, 0.4) is 0 Å². The molecule has 0 spiro atoms. The highest BCUT2D eigenvalue weighted by Crippen LogP contribution is 2.58. The number of aryl methyl sites for hydroxylation is 1. The molecule has 0 radical (unpaired) electrons. The third-order valence-electron chi connectivity index (χ3n) is 8.33. The largest absolute Gasteiger partial charge is 0.487 e. The number of Topliss-reactive ketones (excluding diaryl/α,β-unsaturated/α-hetero) is 2. The van der Waals surface area contributed by atoms with Crippen LogP contribution in [0.2, 0.25) is 0 Å². The molecule has 0 unspecified atom stereocenters. The van der Waals surface area contributed by atoms with Gasteiger partial charge >= 0.3 is 0 Å². The molecule has 2 saturated carbocycles. The molecule has 9 nitrogen and oxygen atoms in total. The van der Waals surface area contributed by atoms with Gasteiger partial charge in [0.25, 0.3) is 0 Å². The van der Waals surface area contributed by atoms with Crippen molar-refractivity contribution in [2.75, 3.05) is 0 Å². The van der Waals surface area contributed by atoms with E-state index in [1.54, 1.807) is 21.7 Å². The number of piperidine rings is 1. The second-order valence-corrected chi connectivity index (χ2v) is 12.9.